The van der Waals surface area contributed by atoms with E-state index in [0.29, 0.717) is 29.9 Å². The Hall–Kier alpha value is -1.43. The highest BCUT2D eigenvalue weighted by molar-refractivity contribution is 6.33. The van der Waals surface area contributed by atoms with Gasteiger partial charge in [-0.2, -0.15) is 4.98 Å². The summed E-state index contributed by atoms with van der Waals surface area (Å²) in [4.78, 5) is 4.34. The molecule has 0 radical (unpaired) electrons. The van der Waals surface area contributed by atoms with Crippen LogP contribution in [0.3, 0.4) is 0 Å². The molecule has 0 amide bonds. The van der Waals surface area contributed by atoms with Crippen LogP contribution in [0.25, 0.3) is 11.5 Å². The van der Waals surface area contributed by atoms with Crippen LogP contribution in [0.5, 0.6) is 0 Å². The van der Waals surface area contributed by atoms with Crippen molar-refractivity contribution >= 4 is 11.6 Å². The van der Waals surface area contributed by atoms with Gasteiger partial charge >= 0.3 is 0 Å². The van der Waals surface area contributed by atoms with Gasteiger partial charge < -0.3 is 14.6 Å². The first-order valence-corrected chi connectivity index (χ1v) is 6.13. The minimum Gasteiger partial charge on any atom is -0.367 e. The molecule has 1 saturated heterocycles. The Bertz CT molecular complexity index is 538. The van der Waals surface area contributed by atoms with Gasteiger partial charge in [0.15, 0.2) is 0 Å². The van der Waals surface area contributed by atoms with Crippen LogP contribution in [-0.4, -0.2) is 29.8 Å². The minimum absolute atomic E-state index is 0.154. The van der Waals surface area contributed by atoms with Crippen molar-refractivity contribution in [2.75, 3.05) is 19.7 Å². The van der Waals surface area contributed by atoms with Crippen molar-refractivity contribution in [3.05, 3.63) is 35.1 Å². The van der Waals surface area contributed by atoms with Crippen LogP contribution in [0.15, 0.2) is 28.8 Å². The lowest BCUT2D eigenvalue weighted by Gasteiger charge is -2.20. The Morgan fingerprint density at radius 1 is 1.33 bits per heavy atom. The second kappa shape index (κ2) is 5.06. The molecule has 0 bridgehead atoms. The number of halogens is 1. The van der Waals surface area contributed by atoms with Crippen molar-refractivity contribution in [3.63, 3.8) is 0 Å². The van der Waals surface area contributed by atoms with Gasteiger partial charge in [-0.25, -0.2) is 0 Å². The van der Waals surface area contributed by atoms with Gasteiger partial charge in [-0.3, -0.25) is 0 Å². The van der Waals surface area contributed by atoms with E-state index in [1.165, 1.54) is 0 Å². The first-order valence-electron chi connectivity index (χ1n) is 5.75. The number of hydrogen-bond donors (Lipinski definition) is 1. The zero-order valence-corrected chi connectivity index (χ0v) is 10.4. The van der Waals surface area contributed by atoms with Gasteiger partial charge in [-0.1, -0.05) is 28.9 Å². The molecule has 1 unspecified atom stereocenters. The molecule has 1 aromatic carbocycles. The van der Waals surface area contributed by atoms with E-state index in [2.05, 4.69) is 15.5 Å². The van der Waals surface area contributed by atoms with Crippen LogP contribution in [-0.2, 0) is 4.74 Å². The van der Waals surface area contributed by atoms with Crippen molar-refractivity contribution < 1.29 is 9.26 Å². The summed E-state index contributed by atoms with van der Waals surface area (Å²) in [7, 11) is 0. The minimum atomic E-state index is -0.154. The standard InChI is InChI=1S/C12H12ClN3O2/c13-9-4-2-1-3-8(9)12-15-11(16-18-12)10-7-14-5-6-17-10/h1-4,10,14H,5-7H2. The Balaban J connectivity index is 1.87. The van der Waals surface area contributed by atoms with Gasteiger partial charge in [0.2, 0.25) is 5.82 Å². The van der Waals surface area contributed by atoms with Gasteiger partial charge in [0.25, 0.3) is 5.89 Å². The van der Waals surface area contributed by atoms with E-state index >= 15 is 0 Å². The zero-order chi connectivity index (χ0) is 12.4. The third-order valence-electron chi connectivity index (χ3n) is 2.76. The molecule has 3 rings (SSSR count). The predicted octanol–water partition coefficient (Wildman–Crippen LogP) is 2.05. The van der Waals surface area contributed by atoms with Crippen molar-refractivity contribution in [3.8, 4) is 11.5 Å². The molecule has 0 aliphatic carbocycles. The van der Waals surface area contributed by atoms with Crippen LogP contribution >= 0.6 is 11.6 Å². The SMILES string of the molecule is Clc1ccccc1-c1nc(C2CNCCO2)no1. The molecule has 1 aromatic heterocycles. The molecule has 1 fully saturated rings. The second-order valence-electron chi connectivity index (χ2n) is 4.00. The number of benzene rings is 1. The Morgan fingerprint density at radius 3 is 3.00 bits per heavy atom. The molecule has 94 valence electrons. The van der Waals surface area contributed by atoms with Crippen LogP contribution in [0.1, 0.15) is 11.9 Å². The Labute approximate surface area is 109 Å². The Morgan fingerprint density at radius 2 is 2.22 bits per heavy atom. The molecule has 0 saturated carbocycles. The van der Waals surface area contributed by atoms with Crippen molar-refractivity contribution in [2.45, 2.75) is 6.10 Å². The smallest absolute Gasteiger partial charge is 0.259 e. The number of hydrogen-bond acceptors (Lipinski definition) is 5. The van der Waals surface area contributed by atoms with Gasteiger partial charge in [0.05, 0.1) is 17.2 Å². The fraction of sp³-hybridized carbons (Fsp3) is 0.333. The van der Waals surface area contributed by atoms with Crippen LogP contribution in [0.2, 0.25) is 5.02 Å². The quantitative estimate of drug-likeness (QED) is 0.901. The fourth-order valence-electron chi connectivity index (χ4n) is 1.84. The van der Waals surface area contributed by atoms with Crippen LogP contribution in [0, 0.1) is 0 Å². The summed E-state index contributed by atoms with van der Waals surface area (Å²) in [6, 6.07) is 7.38. The number of ether oxygens (including phenoxy) is 1. The summed E-state index contributed by atoms with van der Waals surface area (Å²) in [6.07, 6.45) is -0.154. The first kappa shape index (κ1) is 11.6. The van der Waals surface area contributed by atoms with Crippen LogP contribution < -0.4 is 5.32 Å². The first-order chi connectivity index (χ1) is 8.84. The van der Waals surface area contributed by atoms with E-state index in [1.54, 1.807) is 6.07 Å². The number of rotatable bonds is 2. The molecule has 6 heteroatoms. The van der Waals surface area contributed by atoms with Crippen molar-refractivity contribution in [1.29, 1.82) is 0 Å². The zero-order valence-electron chi connectivity index (χ0n) is 9.60. The molecule has 1 N–H and O–H groups in total. The number of morpholine rings is 1. The molecule has 2 heterocycles. The van der Waals surface area contributed by atoms with Gasteiger partial charge in [-0.15, -0.1) is 0 Å². The van der Waals surface area contributed by atoms with Crippen molar-refractivity contribution in [1.82, 2.24) is 15.5 Å². The highest BCUT2D eigenvalue weighted by Crippen LogP contribution is 2.27. The second-order valence-corrected chi connectivity index (χ2v) is 4.41. The van der Waals surface area contributed by atoms with Crippen LogP contribution in [0.4, 0.5) is 0 Å². The molecule has 18 heavy (non-hydrogen) atoms. The summed E-state index contributed by atoms with van der Waals surface area (Å²) in [5, 5.41) is 7.76. The lowest BCUT2D eigenvalue weighted by atomic mass is 10.2. The van der Waals surface area contributed by atoms with E-state index in [9.17, 15) is 0 Å². The summed E-state index contributed by atoms with van der Waals surface area (Å²) in [6.45, 7) is 2.20. The largest absolute Gasteiger partial charge is 0.367 e. The molecule has 0 spiro atoms. The van der Waals surface area contributed by atoms with Crippen molar-refractivity contribution in [2.24, 2.45) is 0 Å². The number of nitrogens with zero attached hydrogens (tertiary/aromatic N) is 2. The fourth-order valence-corrected chi connectivity index (χ4v) is 2.06. The molecule has 1 atom stereocenters. The molecule has 2 aromatic rings. The number of aromatic nitrogens is 2. The van der Waals surface area contributed by atoms with E-state index in [1.807, 2.05) is 18.2 Å². The van der Waals surface area contributed by atoms with Gasteiger partial charge in [-0.05, 0) is 12.1 Å². The average molecular weight is 266 g/mol. The molecule has 5 nitrogen and oxygen atoms in total. The van der Waals surface area contributed by atoms with Gasteiger partial charge in [0.1, 0.15) is 6.10 Å². The van der Waals surface area contributed by atoms with E-state index in [4.69, 9.17) is 20.9 Å². The summed E-state index contributed by atoms with van der Waals surface area (Å²) in [5.41, 5.74) is 0.738. The lowest BCUT2D eigenvalue weighted by molar-refractivity contribution is 0.0208. The predicted molar refractivity (Wildman–Crippen MR) is 66.3 cm³/mol. The van der Waals surface area contributed by atoms with E-state index < -0.39 is 0 Å². The maximum atomic E-state index is 6.08. The Kier molecular flexibility index (Phi) is 3.27. The lowest BCUT2D eigenvalue weighted by Crippen LogP contribution is -2.33. The summed E-state index contributed by atoms with van der Waals surface area (Å²) in [5.74, 6) is 0.974. The molecule has 1 aliphatic rings. The molecule has 1 aliphatic heterocycles. The monoisotopic (exact) mass is 265 g/mol. The number of nitrogens with one attached hydrogen (secondary N) is 1. The maximum Gasteiger partial charge on any atom is 0.259 e. The third-order valence-corrected chi connectivity index (χ3v) is 3.09. The topological polar surface area (TPSA) is 60.2 Å². The highest BCUT2D eigenvalue weighted by Gasteiger charge is 2.22. The average Bonchev–Trinajstić information content (AvgIpc) is 2.90. The third kappa shape index (κ3) is 2.25. The summed E-state index contributed by atoms with van der Waals surface area (Å²) >= 11 is 6.08. The molecular formula is C12H12ClN3O2. The highest BCUT2D eigenvalue weighted by atomic mass is 35.5. The summed E-state index contributed by atoms with van der Waals surface area (Å²) < 4.78 is 10.8. The maximum absolute atomic E-state index is 6.08. The van der Waals surface area contributed by atoms with E-state index in [0.717, 1.165) is 12.1 Å². The van der Waals surface area contributed by atoms with E-state index in [-0.39, 0.29) is 6.10 Å². The normalized spacial score (nSPS) is 19.9. The molecular weight excluding hydrogens is 254 g/mol. The van der Waals surface area contributed by atoms with Gasteiger partial charge in [0, 0.05) is 13.1 Å².